The van der Waals surface area contributed by atoms with Crippen LogP contribution in [-0.4, -0.2) is 28.5 Å². The van der Waals surface area contributed by atoms with Crippen molar-refractivity contribution in [3.63, 3.8) is 0 Å². The molecule has 5 nitrogen and oxygen atoms in total. The van der Waals surface area contributed by atoms with Gasteiger partial charge in [-0.05, 0) is 63.4 Å². The van der Waals surface area contributed by atoms with E-state index in [2.05, 4.69) is 31.0 Å². The molecule has 1 atom stereocenters. The van der Waals surface area contributed by atoms with Gasteiger partial charge in [-0.3, -0.25) is 15.0 Å². The van der Waals surface area contributed by atoms with Gasteiger partial charge in [0.1, 0.15) is 0 Å². The van der Waals surface area contributed by atoms with Crippen LogP contribution >= 0.6 is 0 Å². The summed E-state index contributed by atoms with van der Waals surface area (Å²) in [5, 5.41) is 13.7. The Hall–Kier alpha value is -2.54. The molecule has 0 radical (unpaired) electrons. The average Bonchev–Trinajstić information content (AvgIpc) is 3.10. The first-order valence-corrected chi connectivity index (χ1v) is 8.91. The molecule has 0 spiro atoms. The van der Waals surface area contributed by atoms with Crippen LogP contribution in [0.1, 0.15) is 38.7 Å². The standard InChI is InChI=1S/C20H23F2N3O2/c1-20(2,3)24-11-10-14(12-24)13-4-6-15(7-5-13)23-19-17(25(26)27)9-8-16(21)18(19)22/h4-9,14,23H,10-12H2,1-3H3. The Morgan fingerprint density at radius 2 is 1.81 bits per heavy atom. The maximum Gasteiger partial charge on any atom is 0.295 e. The summed E-state index contributed by atoms with van der Waals surface area (Å²) in [6.45, 7) is 8.60. The lowest BCUT2D eigenvalue weighted by Crippen LogP contribution is -2.39. The largest absolute Gasteiger partial charge is 0.347 e. The smallest absolute Gasteiger partial charge is 0.295 e. The minimum atomic E-state index is -1.26. The van der Waals surface area contributed by atoms with Crippen LogP contribution in [-0.2, 0) is 0 Å². The Bertz CT molecular complexity index is 848. The number of rotatable bonds is 4. The van der Waals surface area contributed by atoms with Gasteiger partial charge in [0.25, 0.3) is 5.69 Å². The van der Waals surface area contributed by atoms with Crippen LogP contribution < -0.4 is 5.32 Å². The molecule has 0 saturated carbocycles. The summed E-state index contributed by atoms with van der Waals surface area (Å²) in [5.41, 5.74) is 0.796. The van der Waals surface area contributed by atoms with Gasteiger partial charge in [0, 0.05) is 23.8 Å². The van der Waals surface area contributed by atoms with Gasteiger partial charge >= 0.3 is 0 Å². The van der Waals surface area contributed by atoms with Crippen molar-refractivity contribution in [1.29, 1.82) is 0 Å². The molecule has 0 aromatic heterocycles. The highest BCUT2D eigenvalue weighted by Gasteiger charge is 2.30. The summed E-state index contributed by atoms with van der Waals surface area (Å²) in [6.07, 6.45) is 1.06. The van der Waals surface area contributed by atoms with Gasteiger partial charge in [-0.25, -0.2) is 8.78 Å². The van der Waals surface area contributed by atoms with Gasteiger partial charge < -0.3 is 5.32 Å². The minimum Gasteiger partial charge on any atom is -0.347 e. The molecular formula is C20H23F2N3O2. The van der Waals surface area contributed by atoms with E-state index in [9.17, 15) is 18.9 Å². The second-order valence-corrected chi connectivity index (χ2v) is 7.86. The van der Waals surface area contributed by atoms with Crippen molar-refractivity contribution >= 4 is 17.1 Å². The molecule has 2 aromatic carbocycles. The third-order valence-corrected chi connectivity index (χ3v) is 5.06. The number of nitro benzene ring substituents is 1. The molecule has 2 aromatic rings. The van der Waals surface area contributed by atoms with E-state index in [0.29, 0.717) is 11.6 Å². The number of nitrogens with one attached hydrogen (secondary N) is 1. The fourth-order valence-electron chi connectivity index (χ4n) is 3.44. The first-order valence-electron chi connectivity index (χ1n) is 8.91. The zero-order valence-electron chi connectivity index (χ0n) is 15.6. The van der Waals surface area contributed by atoms with Crippen molar-refractivity contribution in [2.75, 3.05) is 18.4 Å². The number of benzene rings is 2. The van der Waals surface area contributed by atoms with Crippen LogP contribution in [0.4, 0.5) is 25.8 Å². The summed E-state index contributed by atoms with van der Waals surface area (Å²) in [4.78, 5) is 12.8. The van der Waals surface area contributed by atoms with E-state index in [-0.39, 0.29) is 5.54 Å². The highest BCUT2D eigenvalue weighted by molar-refractivity contribution is 5.70. The second-order valence-electron chi connectivity index (χ2n) is 7.86. The number of hydrogen-bond acceptors (Lipinski definition) is 4. The van der Waals surface area contributed by atoms with Crippen LogP contribution in [0, 0.1) is 21.7 Å². The number of nitro groups is 1. The van der Waals surface area contributed by atoms with Gasteiger partial charge in [-0.15, -0.1) is 0 Å². The number of nitrogens with zero attached hydrogens (tertiary/aromatic N) is 2. The highest BCUT2D eigenvalue weighted by atomic mass is 19.2. The Balaban J connectivity index is 1.78. The zero-order chi connectivity index (χ0) is 19.8. The van der Waals surface area contributed by atoms with Gasteiger partial charge in [-0.1, -0.05) is 12.1 Å². The molecule has 144 valence electrons. The van der Waals surface area contributed by atoms with Crippen molar-refractivity contribution in [2.45, 2.75) is 38.6 Å². The molecule has 1 saturated heterocycles. The molecule has 1 fully saturated rings. The fourth-order valence-corrected chi connectivity index (χ4v) is 3.44. The molecule has 1 aliphatic heterocycles. The molecule has 0 aliphatic carbocycles. The quantitative estimate of drug-likeness (QED) is 0.589. The predicted molar refractivity (Wildman–Crippen MR) is 101 cm³/mol. The van der Waals surface area contributed by atoms with Crippen LogP contribution in [0.5, 0.6) is 0 Å². The zero-order valence-corrected chi connectivity index (χ0v) is 15.6. The summed E-state index contributed by atoms with van der Waals surface area (Å²) in [5.74, 6) is -1.98. The molecule has 3 rings (SSSR count). The predicted octanol–water partition coefficient (Wildman–Crippen LogP) is 5.20. The van der Waals surface area contributed by atoms with E-state index in [1.54, 1.807) is 12.1 Å². The molecule has 0 amide bonds. The van der Waals surface area contributed by atoms with Crippen LogP contribution in [0.15, 0.2) is 36.4 Å². The third kappa shape index (κ3) is 4.08. The Morgan fingerprint density at radius 3 is 2.37 bits per heavy atom. The lowest BCUT2D eigenvalue weighted by Gasteiger charge is -2.31. The maximum absolute atomic E-state index is 14.0. The Kier molecular flexibility index (Phi) is 5.15. The van der Waals surface area contributed by atoms with E-state index in [4.69, 9.17) is 0 Å². The third-order valence-electron chi connectivity index (χ3n) is 5.06. The number of likely N-dealkylation sites (tertiary alicyclic amines) is 1. The molecule has 1 heterocycles. The van der Waals surface area contributed by atoms with Crippen molar-refractivity contribution in [3.05, 3.63) is 63.7 Å². The first-order chi connectivity index (χ1) is 12.7. The van der Waals surface area contributed by atoms with Crippen LogP contribution in [0.3, 0.4) is 0 Å². The van der Waals surface area contributed by atoms with Crippen LogP contribution in [0.25, 0.3) is 0 Å². The van der Waals surface area contributed by atoms with Gasteiger partial charge in [0.15, 0.2) is 17.3 Å². The van der Waals surface area contributed by atoms with E-state index < -0.39 is 27.9 Å². The molecule has 1 unspecified atom stereocenters. The molecule has 1 N–H and O–H groups in total. The first kappa shape index (κ1) is 19.2. The summed E-state index contributed by atoms with van der Waals surface area (Å²) >= 11 is 0. The topological polar surface area (TPSA) is 58.4 Å². The SMILES string of the molecule is CC(C)(C)N1CCC(c2ccc(Nc3c([N+](=O)[O-])ccc(F)c3F)cc2)C1. The van der Waals surface area contributed by atoms with Gasteiger partial charge in [0.05, 0.1) is 4.92 Å². The lowest BCUT2D eigenvalue weighted by molar-refractivity contribution is -0.384. The highest BCUT2D eigenvalue weighted by Crippen LogP contribution is 2.34. The van der Waals surface area contributed by atoms with Crippen molar-refractivity contribution in [1.82, 2.24) is 4.90 Å². The molecule has 7 heteroatoms. The molecule has 1 aliphatic rings. The van der Waals surface area contributed by atoms with Gasteiger partial charge in [-0.2, -0.15) is 0 Å². The van der Waals surface area contributed by atoms with E-state index in [0.717, 1.165) is 31.6 Å². The van der Waals surface area contributed by atoms with E-state index in [1.807, 2.05) is 12.1 Å². The number of hydrogen-bond donors (Lipinski definition) is 1. The molecule has 0 bridgehead atoms. The van der Waals surface area contributed by atoms with Crippen molar-refractivity contribution in [2.24, 2.45) is 0 Å². The van der Waals surface area contributed by atoms with Crippen molar-refractivity contribution < 1.29 is 13.7 Å². The summed E-state index contributed by atoms with van der Waals surface area (Å²) in [6, 6.07) is 9.05. The Morgan fingerprint density at radius 1 is 1.15 bits per heavy atom. The van der Waals surface area contributed by atoms with Crippen LogP contribution in [0.2, 0.25) is 0 Å². The van der Waals surface area contributed by atoms with Gasteiger partial charge in [0.2, 0.25) is 0 Å². The fraction of sp³-hybridized carbons (Fsp3) is 0.400. The van der Waals surface area contributed by atoms with E-state index >= 15 is 0 Å². The summed E-state index contributed by atoms with van der Waals surface area (Å²) in [7, 11) is 0. The molecule has 27 heavy (non-hydrogen) atoms. The monoisotopic (exact) mass is 375 g/mol. The average molecular weight is 375 g/mol. The number of halogens is 2. The lowest BCUT2D eigenvalue weighted by atomic mass is 9.98. The van der Waals surface area contributed by atoms with Crippen molar-refractivity contribution in [3.8, 4) is 0 Å². The second kappa shape index (κ2) is 7.23. The minimum absolute atomic E-state index is 0.129. The molecular weight excluding hydrogens is 352 g/mol. The van der Waals surface area contributed by atoms with E-state index in [1.165, 1.54) is 5.56 Å². The normalized spacial score (nSPS) is 17.9. The maximum atomic E-state index is 14.0. The number of anilines is 2. The Labute approximate surface area is 157 Å². The summed E-state index contributed by atoms with van der Waals surface area (Å²) < 4.78 is 27.5.